The first-order chi connectivity index (χ1) is 16.6. The number of methoxy groups -OCH3 is 1. The van der Waals surface area contributed by atoms with E-state index in [0.29, 0.717) is 23.9 Å². The fourth-order valence-electron chi connectivity index (χ4n) is 3.40. The summed E-state index contributed by atoms with van der Waals surface area (Å²) in [6, 6.07) is 26.9. The molecule has 0 radical (unpaired) electrons. The van der Waals surface area contributed by atoms with Crippen molar-refractivity contribution >= 4 is 38.8 Å². The van der Waals surface area contributed by atoms with Crippen molar-refractivity contribution in [2.24, 2.45) is 5.10 Å². The van der Waals surface area contributed by atoms with E-state index in [9.17, 15) is 4.79 Å². The van der Waals surface area contributed by atoms with E-state index in [0.717, 1.165) is 26.4 Å². The lowest BCUT2D eigenvalue weighted by Crippen LogP contribution is -2.24. The topological polar surface area (TPSA) is 69.2 Å². The van der Waals surface area contributed by atoms with Crippen molar-refractivity contribution < 1.29 is 19.0 Å². The second-order valence-electron chi connectivity index (χ2n) is 7.35. The molecule has 0 aliphatic carbocycles. The highest BCUT2D eigenvalue weighted by molar-refractivity contribution is 9.10. The highest BCUT2D eigenvalue weighted by atomic mass is 79.9. The molecule has 34 heavy (non-hydrogen) atoms. The van der Waals surface area contributed by atoms with Crippen LogP contribution in [-0.4, -0.2) is 25.8 Å². The minimum absolute atomic E-state index is 0.195. The van der Waals surface area contributed by atoms with Crippen LogP contribution in [0.25, 0.3) is 10.8 Å². The molecule has 1 amide bonds. The smallest absolute Gasteiger partial charge is 0.277 e. The van der Waals surface area contributed by atoms with Crippen LogP contribution in [0.1, 0.15) is 11.1 Å². The molecule has 4 aromatic carbocycles. The Morgan fingerprint density at radius 2 is 1.71 bits per heavy atom. The molecule has 0 spiro atoms. The zero-order valence-electron chi connectivity index (χ0n) is 18.5. The van der Waals surface area contributed by atoms with Crippen molar-refractivity contribution in [2.75, 3.05) is 13.7 Å². The molecule has 4 rings (SSSR count). The Bertz CT molecular complexity index is 1320. The third kappa shape index (κ3) is 5.94. The molecule has 1 N–H and O–H groups in total. The van der Waals surface area contributed by atoms with Crippen LogP contribution < -0.4 is 19.6 Å². The number of carbonyl (C=O) groups excluding carboxylic acids is 1. The lowest BCUT2D eigenvalue weighted by atomic mass is 10.0. The molecule has 0 unspecified atom stereocenters. The Kier molecular flexibility index (Phi) is 7.78. The van der Waals surface area contributed by atoms with E-state index in [-0.39, 0.29) is 12.5 Å². The summed E-state index contributed by atoms with van der Waals surface area (Å²) >= 11 is 3.48. The minimum Gasteiger partial charge on any atom is -0.493 e. The van der Waals surface area contributed by atoms with Crippen LogP contribution in [0.2, 0.25) is 0 Å². The molecule has 172 valence electrons. The van der Waals surface area contributed by atoms with E-state index in [1.807, 2.05) is 72.8 Å². The summed E-state index contributed by atoms with van der Waals surface area (Å²) in [5.41, 5.74) is 4.33. The summed E-state index contributed by atoms with van der Waals surface area (Å²) in [5.74, 6) is 1.32. The fourth-order valence-corrected chi connectivity index (χ4v) is 3.85. The zero-order chi connectivity index (χ0) is 23.8. The van der Waals surface area contributed by atoms with Crippen molar-refractivity contribution in [3.8, 4) is 17.2 Å². The van der Waals surface area contributed by atoms with Crippen molar-refractivity contribution in [2.45, 2.75) is 6.61 Å². The summed E-state index contributed by atoms with van der Waals surface area (Å²) in [6.07, 6.45) is 1.60. The number of para-hydroxylation sites is 2. The molecular formula is C27H23BrN2O4. The number of rotatable bonds is 9. The normalized spacial score (nSPS) is 10.9. The van der Waals surface area contributed by atoms with Crippen LogP contribution >= 0.6 is 15.9 Å². The molecule has 0 saturated heterocycles. The number of hydrogen-bond donors (Lipinski definition) is 1. The maximum absolute atomic E-state index is 12.3. The Morgan fingerprint density at radius 1 is 0.912 bits per heavy atom. The average molecular weight is 519 g/mol. The Balaban J connectivity index is 1.47. The molecule has 7 heteroatoms. The number of benzene rings is 4. The van der Waals surface area contributed by atoms with Crippen LogP contribution in [0.5, 0.6) is 17.2 Å². The van der Waals surface area contributed by atoms with Gasteiger partial charge in [-0.05, 0) is 46.7 Å². The summed E-state index contributed by atoms with van der Waals surface area (Å²) < 4.78 is 17.9. The van der Waals surface area contributed by atoms with E-state index >= 15 is 0 Å². The lowest BCUT2D eigenvalue weighted by molar-refractivity contribution is -0.123. The van der Waals surface area contributed by atoms with Gasteiger partial charge < -0.3 is 14.2 Å². The van der Waals surface area contributed by atoms with E-state index in [1.54, 1.807) is 25.5 Å². The molecule has 0 aliphatic rings. The quantitative estimate of drug-likeness (QED) is 0.227. The molecule has 0 heterocycles. The molecule has 0 aromatic heterocycles. The second kappa shape index (κ2) is 11.3. The number of nitrogens with zero attached hydrogens (tertiary/aromatic N) is 1. The first-order valence-electron chi connectivity index (χ1n) is 10.6. The Hall–Kier alpha value is -3.84. The van der Waals surface area contributed by atoms with Gasteiger partial charge in [-0.1, -0.05) is 70.5 Å². The largest absolute Gasteiger partial charge is 0.493 e. The van der Waals surface area contributed by atoms with Crippen LogP contribution in [0, 0.1) is 0 Å². The number of carbonyl (C=O) groups is 1. The van der Waals surface area contributed by atoms with Gasteiger partial charge in [-0.2, -0.15) is 5.10 Å². The van der Waals surface area contributed by atoms with E-state index in [2.05, 4.69) is 26.5 Å². The van der Waals surface area contributed by atoms with Gasteiger partial charge in [0, 0.05) is 10.0 Å². The van der Waals surface area contributed by atoms with Crippen LogP contribution in [0.15, 0.2) is 94.5 Å². The third-order valence-electron chi connectivity index (χ3n) is 5.02. The Morgan fingerprint density at radius 3 is 2.53 bits per heavy atom. The monoisotopic (exact) mass is 518 g/mol. The molecule has 0 bridgehead atoms. The van der Waals surface area contributed by atoms with Crippen molar-refractivity contribution in [3.63, 3.8) is 0 Å². The number of fused-ring (bicyclic) bond motifs is 1. The van der Waals surface area contributed by atoms with Gasteiger partial charge in [-0.15, -0.1) is 0 Å². The van der Waals surface area contributed by atoms with Crippen LogP contribution in [0.3, 0.4) is 0 Å². The number of ether oxygens (including phenoxy) is 3. The van der Waals surface area contributed by atoms with Gasteiger partial charge in [-0.3, -0.25) is 4.79 Å². The zero-order valence-corrected chi connectivity index (χ0v) is 20.1. The maximum atomic E-state index is 12.3. The molecule has 0 saturated carbocycles. The minimum atomic E-state index is -0.390. The highest BCUT2D eigenvalue weighted by Gasteiger charge is 2.09. The first kappa shape index (κ1) is 23.3. The van der Waals surface area contributed by atoms with Crippen molar-refractivity contribution in [3.05, 3.63) is 101 Å². The molecule has 6 nitrogen and oxygen atoms in total. The van der Waals surface area contributed by atoms with Crippen LogP contribution in [-0.2, 0) is 11.4 Å². The fraction of sp³-hybridized carbons (Fsp3) is 0.111. The molecular weight excluding hydrogens is 496 g/mol. The van der Waals surface area contributed by atoms with E-state index < -0.39 is 0 Å². The number of hydrogen-bond acceptors (Lipinski definition) is 5. The first-order valence-corrected chi connectivity index (χ1v) is 11.4. The number of halogens is 1. The predicted molar refractivity (Wildman–Crippen MR) is 137 cm³/mol. The van der Waals surface area contributed by atoms with Gasteiger partial charge in [0.1, 0.15) is 12.4 Å². The number of hydrazone groups is 1. The van der Waals surface area contributed by atoms with Gasteiger partial charge in [0.25, 0.3) is 5.91 Å². The van der Waals surface area contributed by atoms with Gasteiger partial charge in [0.15, 0.2) is 18.1 Å². The van der Waals surface area contributed by atoms with E-state index in [4.69, 9.17) is 14.2 Å². The second-order valence-corrected chi connectivity index (χ2v) is 8.27. The van der Waals surface area contributed by atoms with Crippen molar-refractivity contribution in [1.82, 2.24) is 5.43 Å². The van der Waals surface area contributed by atoms with Crippen molar-refractivity contribution in [1.29, 1.82) is 0 Å². The molecule has 0 aliphatic heterocycles. The van der Waals surface area contributed by atoms with Gasteiger partial charge in [0.2, 0.25) is 0 Å². The van der Waals surface area contributed by atoms with Crippen LogP contribution in [0.4, 0.5) is 0 Å². The number of nitrogens with one attached hydrogen (secondary N) is 1. The molecule has 0 fully saturated rings. The number of amides is 1. The van der Waals surface area contributed by atoms with E-state index in [1.165, 1.54) is 0 Å². The molecule has 4 aromatic rings. The summed E-state index contributed by atoms with van der Waals surface area (Å²) in [4.78, 5) is 12.3. The highest BCUT2D eigenvalue weighted by Crippen LogP contribution is 2.28. The summed E-state index contributed by atoms with van der Waals surface area (Å²) in [6.45, 7) is 0.206. The lowest BCUT2D eigenvalue weighted by Gasteiger charge is -2.12. The molecule has 0 atom stereocenters. The van der Waals surface area contributed by atoms with Gasteiger partial charge in [0.05, 0.1) is 13.3 Å². The summed E-state index contributed by atoms with van der Waals surface area (Å²) in [5, 5.41) is 6.17. The maximum Gasteiger partial charge on any atom is 0.277 e. The average Bonchev–Trinajstić information content (AvgIpc) is 2.87. The Labute approximate surface area is 206 Å². The SMILES string of the molecule is COc1ccccc1OCC(=O)N/N=C/c1c(OCc2cccc(Br)c2)ccc2ccccc12. The predicted octanol–water partition coefficient (Wildman–Crippen LogP) is 5.72. The standard InChI is InChI=1S/C27H23BrN2O4/c1-32-25-11-4-5-12-26(25)34-18-27(31)30-29-16-23-22-10-3-2-8-20(22)13-14-24(23)33-17-19-7-6-9-21(28)15-19/h2-16H,17-18H2,1H3,(H,30,31)/b29-16+. The van der Waals surface area contributed by atoms with Gasteiger partial charge in [-0.25, -0.2) is 5.43 Å². The third-order valence-corrected chi connectivity index (χ3v) is 5.52. The summed E-state index contributed by atoms with van der Waals surface area (Å²) in [7, 11) is 1.55. The van der Waals surface area contributed by atoms with Gasteiger partial charge >= 0.3 is 0 Å².